The van der Waals surface area contributed by atoms with Crippen LogP contribution in [-0.4, -0.2) is 26.2 Å². The first-order chi connectivity index (χ1) is 7.81. The number of nitrogens with two attached hydrogens (primary N) is 1. The highest BCUT2D eigenvalue weighted by Gasteiger charge is 2.19. The van der Waals surface area contributed by atoms with Gasteiger partial charge in [0.15, 0.2) is 0 Å². The fourth-order valence-corrected chi connectivity index (χ4v) is 1.82. The van der Waals surface area contributed by atoms with E-state index in [0.29, 0.717) is 19.1 Å². The van der Waals surface area contributed by atoms with Crippen LogP contribution in [0.2, 0.25) is 0 Å². The maximum absolute atomic E-state index is 5.74. The van der Waals surface area contributed by atoms with Crippen molar-refractivity contribution in [3.63, 3.8) is 0 Å². The average molecular weight is 220 g/mol. The van der Waals surface area contributed by atoms with Gasteiger partial charge < -0.3 is 15.8 Å². The lowest BCUT2D eigenvalue weighted by Gasteiger charge is -2.28. The Morgan fingerprint density at radius 2 is 2.25 bits per heavy atom. The topological polar surface area (TPSA) is 47.3 Å². The average Bonchev–Trinajstić information content (AvgIpc) is 2.20. The number of hydrogen-bond donors (Lipinski definition) is 2. The van der Waals surface area contributed by atoms with Gasteiger partial charge in [-0.25, -0.2) is 0 Å². The molecule has 0 saturated carbocycles. The summed E-state index contributed by atoms with van der Waals surface area (Å²) in [6.45, 7) is 5.66. The number of benzene rings is 1. The Morgan fingerprint density at radius 3 is 2.88 bits per heavy atom. The SMILES string of the molecule is Cc1ccc(C2CNC2)cc1OCCCN. The Balaban J connectivity index is 2.03. The van der Waals surface area contributed by atoms with Gasteiger partial charge in [0.1, 0.15) is 5.75 Å². The quantitative estimate of drug-likeness (QED) is 0.738. The zero-order valence-electron chi connectivity index (χ0n) is 9.83. The molecule has 0 bridgehead atoms. The molecule has 1 aromatic carbocycles. The van der Waals surface area contributed by atoms with Crippen LogP contribution in [0.4, 0.5) is 0 Å². The summed E-state index contributed by atoms with van der Waals surface area (Å²) in [6, 6.07) is 6.53. The Kier molecular flexibility index (Phi) is 3.80. The van der Waals surface area contributed by atoms with E-state index in [0.717, 1.165) is 25.3 Å². The number of hydrogen-bond acceptors (Lipinski definition) is 3. The van der Waals surface area contributed by atoms with Crippen LogP contribution in [0.5, 0.6) is 5.75 Å². The predicted octanol–water partition coefficient (Wildman–Crippen LogP) is 1.41. The summed E-state index contributed by atoms with van der Waals surface area (Å²) >= 11 is 0. The fourth-order valence-electron chi connectivity index (χ4n) is 1.82. The molecule has 0 unspecified atom stereocenters. The number of rotatable bonds is 5. The second-order valence-corrected chi connectivity index (χ2v) is 4.37. The van der Waals surface area contributed by atoms with E-state index in [1.165, 1.54) is 11.1 Å². The van der Waals surface area contributed by atoms with Gasteiger partial charge in [0.05, 0.1) is 6.61 Å². The molecule has 16 heavy (non-hydrogen) atoms. The Hall–Kier alpha value is -1.06. The van der Waals surface area contributed by atoms with E-state index in [9.17, 15) is 0 Å². The normalized spacial score (nSPS) is 15.9. The highest BCUT2D eigenvalue weighted by atomic mass is 16.5. The number of aryl methyl sites for hydroxylation is 1. The van der Waals surface area contributed by atoms with Crippen LogP contribution in [0.3, 0.4) is 0 Å². The van der Waals surface area contributed by atoms with Gasteiger partial charge in [0.25, 0.3) is 0 Å². The lowest BCUT2D eigenvalue weighted by molar-refractivity contribution is 0.310. The van der Waals surface area contributed by atoms with E-state index in [-0.39, 0.29) is 0 Å². The molecule has 1 aliphatic rings. The number of nitrogens with one attached hydrogen (secondary N) is 1. The monoisotopic (exact) mass is 220 g/mol. The second-order valence-electron chi connectivity index (χ2n) is 4.37. The van der Waals surface area contributed by atoms with Crippen molar-refractivity contribution >= 4 is 0 Å². The molecule has 1 aromatic rings. The molecule has 88 valence electrons. The first kappa shape index (κ1) is 11.4. The van der Waals surface area contributed by atoms with Crippen molar-refractivity contribution in [3.8, 4) is 5.75 Å². The van der Waals surface area contributed by atoms with Crippen molar-refractivity contribution in [2.24, 2.45) is 5.73 Å². The smallest absolute Gasteiger partial charge is 0.122 e. The highest BCUT2D eigenvalue weighted by molar-refractivity contribution is 5.39. The lowest BCUT2D eigenvalue weighted by atomic mass is 9.93. The molecule has 0 aromatic heterocycles. The molecule has 1 aliphatic heterocycles. The van der Waals surface area contributed by atoms with Crippen molar-refractivity contribution in [3.05, 3.63) is 29.3 Å². The van der Waals surface area contributed by atoms with Crippen molar-refractivity contribution in [2.45, 2.75) is 19.3 Å². The molecule has 0 radical (unpaired) electrons. The first-order valence-corrected chi connectivity index (χ1v) is 5.95. The van der Waals surface area contributed by atoms with Gasteiger partial charge in [0.2, 0.25) is 0 Å². The molecule has 3 N–H and O–H groups in total. The van der Waals surface area contributed by atoms with Crippen LogP contribution in [0.15, 0.2) is 18.2 Å². The fraction of sp³-hybridized carbons (Fsp3) is 0.538. The van der Waals surface area contributed by atoms with E-state index in [1.54, 1.807) is 0 Å². The van der Waals surface area contributed by atoms with E-state index in [1.807, 2.05) is 0 Å². The lowest BCUT2D eigenvalue weighted by Crippen LogP contribution is -2.39. The zero-order valence-corrected chi connectivity index (χ0v) is 9.83. The van der Waals surface area contributed by atoms with Crippen LogP contribution in [0.25, 0.3) is 0 Å². The minimum Gasteiger partial charge on any atom is -0.493 e. The summed E-state index contributed by atoms with van der Waals surface area (Å²) in [5, 5.41) is 3.29. The van der Waals surface area contributed by atoms with Crippen molar-refractivity contribution in [1.82, 2.24) is 5.32 Å². The second kappa shape index (κ2) is 5.32. The molecule has 2 rings (SSSR count). The van der Waals surface area contributed by atoms with E-state index in [4.69, 9.17) is 10.5 Å². The molecule has 0 spiro atoms. The molecular formula is C13H20N2O. The molecule has 0 amide bonds. The zero-order chi connectivity index (χ0) is 11.4. The minimum absolute atomic E-state index is 0.664. The summed E-state index contributed by atoms with van der Waals surface area (Å²) in [4.78, 5) is 0. The van der Waals surface area contributed by atoms with Crippen molar-refractivity contribution < 1.29 is 4.74 Å². The Bertz CT molecular complexity index is 348. The molecular weight excluding hydrogens is 200 g/mol. The molecule has 1 saturated heterocycles. The van der Waals surface area contributed by atoms with Gasteiger partial charge in [0, 0.05) is 19.0 Å². The summed E-state index contributed by atoms with van der Waals surface area (Å²) < 4.78 is 5.74. The maximum Gasteiger partial charge on any atom is 0.122 e. The van der Waals surface area contributed by atoms with Crippen LogP contribution in [0.1, 0.15) is 23.5 Å². The Morgan fingerprint density at radius 1 is 1.44 bits per heavy atom. The maximum atomic E-state index is 5.74. The van der Waals surface area contributed by atoms with E-state index < -0.39 is 0 Å². The summed E-state index contributed by atoms with van der Waals surface area (Å²) in [5.41, 5.74) is 8.03. The van der Waals surface area contributed by atoms with Crippen molar-refractivity contribution in [1.29, 1.82) is 0 Å². The number of ether oxygens (including phenoxy) is 1. The van der Waals surface area contributed by atoms with Crippen molar-refractivity contribution in [2.75, 3.05) is 26.2 Å². The van der Waals surface area contributed by atoms with Crippen LogP contribution in [-0.2, 0) is 0 Å². The summed E-state index contributed by atoms with van der Waals surface area (Å²) in [7, 11) is 0. The third-order valence-corrected chi connectivity index (χ3v) is 3.07. The van der Waals surface area contributed by atoms with Gasteiger partial charge in [-0.1, -0.05) is 12.1 Å². The first-order valence-electron chi connectivity index (χ1n) is 5.95. The minimum atomic E-state index is 0.664. The third-order valence-electron chi connectivity index (χ3n) is 3.07. The van der Waals surface area contributed by atoms with Gasteiger partial charge in [-0.3, -0.25) is 0 Å². The van der Waals surface area contributed by atoms with Crippen LogP contribution < -0.4 is 15.8 Å². The summed E-state index contributed by atoms with van der Waals surface area (Å²) in [5.74, 6) is 1.68. The van der Waals surface area contributed by atoms with E-state index >= 15 is 0 Å². The largest absolute Gasteiger partial charge is 0.493 e. The van der Waals surface area contributed by atoms with E-state index in [2.05, 4.69) is 30.4 Å². The molecule has 3 nitrogen and oxygen atoms in total. The highest BCUT2D eigenvalue weighted by Crippen LogP contribution is 2.26. The third kappa shape index (κ3) is 2.54. The standard InChI is InChI=1S/C13H20N2O/c1-10-3-4-11(12-8-15-9-12)7-13(10)16-6-2-5-14/h3-4,7,12,15H,2,5-6,8-9,14H2,1H3. The molecule has 0 atom stereocenters. The molecule has 0 aliphatic carbocycles. The predicted molar refractivity (Wildman–Crippen MR) is 66.0 cm³/mol. The Labute approximate surface area is 97.0 Å². The molecule has 3 heteroatoms. The van der Waals surface area contributed by atoms with Gasteiger partial charge in [-0.05, 0) is 37.1 Å². The van der Waals surface area contributed by atoms with Crippen LogP contribution in [0, 0.1) is 6.92 Å². The molecule has 1 fully saturated rings. The molecule has 1 heterocycles. The summed E-state index contributed by atoms with van der Waals surface area (Å²) in [6.07, 6.45) is 0.911. The van der Waals surface area contributed by atoms with Gasteiger partial charge in [-0.15, -0.1) is 0 Å². The van der Waals surface area contributed by atoms with Gasteiger partial charge >= 0.3 is 0 Å². The van der Waals surface area contributed by atoms with Gasteiger partial charge in [-0.2, -0.15) is 0 Å². The van der Waals surface area contributed by atoms with Crippen LogP contribution >= 0.6 is 0 Å².